The van der Waals surface area contributed by atoms with E-state index in [2.05, 4.69) is 20.6 Å². The van der Waals surface area contributed by atoms with Crippen molar-refractivity contribution in [2.45, 2.75) is 39.4 Å². The smallest absolute Gasteiger partial charge is 0.261 e. The predicted octanol–water partition coefficient (Wildman–Crippen LogP) is 1.66. The average molecular weight is 468 g/mol. The summed E-state index contributed by atoms with van der Waals surface area (Å²) >= 11 is 0. The van der Waals surface area contributed by atoms with Crippen LogP contribution in [0.15, 0.2) is 47.7 Å². The zero-order valence-electron chi connectivity index (χ0n) is 19.7. The van der Waals surface area contributed by atoms with E-state index in [0.29, 0.717) is 34.5 Å². The third kappa shape index (κ3) is 5.69. The number of methoxy groups -OCH3 is 2. The van der Waals surface area contributed by atoms with Gasteiger partial charge in [-0.1, -0.05) is 26.3 Å². The van der Waals surface area contributed by atoms with Crippen molar-refractivity contribution in [2.24, 2.45) is 5.92 Å². The SMILES string of the molecule is CCC(C)[C@H](NC(=O)Cn1cnc2cc(OC)c(OC)cc2c1=O)C(=O)NCc1ccccn1. The van der Waals surface area contributed by atoms with Crippen LogP contribution in [0.3, 0.4) is 0 Å². The normalized spacial score (nSPS) is 12.6. The van der Waals surface area contributed by atoms with Gasteiger partial charge < -0.3 is 20.1 Å². The van der Waals surface area contributed by atoms with Crippen LogP contribution in [0, 0.1) is 5.92 Å². The van der Waals surface area contributed by atoms with Gasteiger partial charge in [0.2, 0.25) is 11.8 Å². The average Bonchev–Trinajstić information content (AvgIpc) is 2.87. The van der Waals surface area contributed by atoms with Crippen molar-refractivity contribution >= 4 is 22.7 Å². The van der Waals surface area contributed by atoms with Gasteiger partial charge in [0.15, 0.2) is 11.5 Å². The van der Waals surface area contributed by atoms with Gasteiger partial charge in [-0.3, -0.25) is 23.9 Å². The van der Waals surface area contributed by atoms with E-state index in [9.17, 15) is 14.4 Å². The highest BCUT2D eigenvalue weighted by molar-refractivity contribution is 5.88. The lowest BCUT2D eigenvalue weighted by Crippen LogP contribution is -2.51. The first-order chi connectivity index (χ1) is 16.4. The van der Waals surface area contributed by atoms with E-state index in [1.807, 2.05) is 19.9 Å². The Hall–Kier alpha value is -3.95. The molecule has 0 aliphatic carbocycles. The molecule has 0 spiro atoms. The molecule has 2 N–H and O–H groups in total. The summed E-state index contributed by atoms with van der Waals surface area (Å²) in [4.78, 5) is 47.0. The molecule has 1 unspecified atom stereocenters. The number of benzene rings is 1. The van der Waals surface area contributed by atoms with Crippen molar-refractivity contribution in [3.8, 4) is 11.5 Å². The molecule has 3 rings (SSSR count). The van der Waals surface area contributed by atoms with Crippen molar-refractivity contribution in [1.29, 1.82) is 0 Å². The van der Waals surface area contributed by atoms with Gasteiger partial charge in [0, 0.05) is 12.3 Å². The lowest BCUT2D eigenvalue weighted by atomic mass is 9.98. The first-order valence-corrected chi connectivity index (χ1v) is 11.0. The Kier molecular flexibility index (Phi) is 8.18. The monoisotopic (exact) mass is 467 g/mol. The van der Waals surface area contributed by atoms with E-state index >= 15 is 0 Å². The molecule has 10 nitrogen and oxygen atoms in total. The molecule has 10 heteroatoms. The highest BCUT2D eigenvalue weighted by Crippen LogP contribution is 2.29. The van der Waals surface area contributed by atoms with Crippen LogP contribution in [-0.4, -0.2) is 46.6 Å². The number of hydrogen-bond acceptors (Lipinski definition) is 7. The molecule has 34 heavy (non-hydrogen) atoms. The summed E-state index contributed by atoms with van der Waals surface area (Å²) in [6.45, 7) is 3.79. The van der Waals surface area contributed by atoms with Gasteiger partial charge >= 0.3 is 0 Å². The highest BCUT2D eigenvalue weighted by atomic mass is 16.5. The Morgan fingerprint density at radius 3 is 2.50 bits per heavy atom. The third-order valence-electron chi connectivity index (χ3n) is 5.63. The molecule has 2 amide bonds. The van der Waals surface area contributed by atoms with Crippen LogP contribution < -0.4 is 25.7 Å². The quantitative estimate of drug-likeness (QED) is 0.465. The summed E-state index contributed by atoms with van der Waals surface area (Å²) in [6.07, 6.45) is 3.63. The maximum absolute atomic E-state index is 13.0. The molecule has 3 aromatic rings. The number of carbonyl (C=O) groups excluding carboxylic acids is 2. The summed E-state index contributed by atoms with van der Waals surface area (Å²) in [5.41, 5.74) is 0.734. The summed E-state index contributed by atoms with van der Waals surface area (Å²) in [5.74, 6) is -0.0601. The van der Waals surface area contributed by atoms with E-state index in [1.165, 1.54) is 31.2 Å². The van der Waals surface area contributed by atoms with Crippen molar-refractivity contribution in [3.05, 3.63) is 58.9 Å². The molecule has 0 bridgehead atoms. The molecule has 0 saturated carbocycles. The molecular weight excluding hydrogens is 438 g/mol. The molecule has 180 valence electrons. The van der Waals surface area contributed by atoms with E-state index in [-0.39, 0.29) is 24.9 Å². The van der Waals surface area contributed by atoms with Crippen molar-refractivity contribution < 1.29 is 19.1 Å². The molecular formula is C24H29N5O5. The first-order valence-electron chi connectivity index (χ1n) is 11.0. The second-order valence-corrected chi connectivity index (χ2v) is 7.87. The minimum Gasteiger partial charge on any atom is -0.493 e. The largest absolute Gasteiger partial charge is 0.493 e. The maximum Gasteiger partial charge on any atom is 0.261 e. The standard InChI is InChI=1S/C24H29N5O5/c1-5-15(2)22(23(31)26-12-16-8-6-7-9-25-16)28-21(30)13-29-14-27-18-11-20(34-4)19(33-3)10-17(18)24(29)32/h6-11,14-15,22H,5,12-13H2,1-4H3,(H,26,31)(H,28,30)/t15?,22-/m0/s1. The Bertz CT molecular complexity index is 1210. The van der Waals surface area contributed by atoms with E-state index in [1.54, 1.807) is 24.4 Å². The molecule has 1 aromatic carbocycles. The Morgan fingerprint density at radius 1 is 1.12 bits per heavy atom. The first kappa shape index (κ1) is 24.7. The van der Waals surface area contributed by atoms with Gasteiger partial charge in [0.25, 0.3) is 5.56 Å². The Morgan fingerprint density at radius 2 is 1.85 bits per heavy atom. The highest BCUT2D eigenvalue weighted by Gasteiger charge is 2.26. The van der Waals surface area contributed by atoms with E-state index < -0.39 is 17.5 Å². The molecule has 0 aliphatic rings. The number of fused-ring (bicyclic) bond motifs is 1. The van der Waals surface area contributed by atoms with Gasteiger partial charge in [0.1, 0.15) is 12.6 Å². The topological polar surface area (TPSA) is 124 Å². The maximum atomic E-state index is 13.0. The summed E-state index contributed by atoms with van der Waals surface area (Å²) in [7, 11) is 2.97. The van der Waals surface area contributed by atoms with Gasteiger partial charge in [-0.2, -0.15) is 0 Å². The molecule has 0 aliphatic heterocycles. The third-order valence-corrected chi connectivity index (χ3v) is 5.63. The van der Waals surface area contributed by atoms with E-state index in [0.717, 1.165) is 0 Å². The summed E-state index contributed by atoms with van der Waals surface area (Å²) < 4.78 is 11.7. The van der Waals surface area contributed by atoms with Gasteiger partial charge in [0.05, 0.1) is 43.7 Å². The van der Waals surface area contributed by atoms with Crippen LogP contribution >= 0.6 is 0 Å². The second kappa shape index (κ2) is 11.3. The zero-order chi connectivity index (χ0) is 24.7. The van der Waals surface area contributed by atoms with Crippen molar-refractivity contribution in [1.82, 2.24) is 25.2 Å². The fraction of sp³-hybridized carbons (Fsp3) is 0.375. The number of rotatable bonds is 10. The predicted molar refractivity (Wildman–Crippen MR) is 127 cm³/mol. The van der Waals surface area contributed by atoms with Crippen LogP contribution in [0.2, 0.25) is 0 Å². The fourth-order valence-electron chi connectivity index (χ4n) is 3.46. The Balaban J connectivity index is 1.75. The van der Waals surface area contributed by atoms with Crippen molar-refractivity contribution in [2.75, 3.05) is 14.2 Å². The summed E-state index contributed by atoms with van der Waals surface area (Å²) in [6, 6.07) is 7.82. The second-order valence-electron chi connectivity index (χ2n) is 7.87. The number of nitrogens with zero attached hydrogens (tertiary/aromatic N) is 3. The van der Waals surface area contributed by atoms with Gasteiger partial charge in [-0.15, -0.1) is 0 Å². The number of carbonyl (C=O) groups is 2. The zero-order valence-corrected chi connectivity index (χ0v) is 19.7. The number of ether oxygens (including phenoxy) is 2. The number of aromatic nitrogens is 3. The lowest BCUT2D eigenvalue weighted by molar-refractivity contribution is -0.130. The van der Waals surface area contributed by atoms with E-state index in [4.69, 9.17) is 9.47 Å². The number of nitrogens with one attached hydrogen (secondary N) is 2. The molecule has 0 radical (unpaired) electrons. The molecule has 2 aromatic heterocycles. The molecule has 0 fully saturated rings. The number of amides is 2. The fourth-order valence-corrected chi connectivity index (χ4v) is 3.46. The number of hydrogen-bond donors (Lipinski definition) is 2. The van der Waals surface area contributed by atoms with Crippen LogP contribution in [-0.2, 0) is 22.7 Å². The molecule has 0 saturated heterocycles. The Labute approximate surface area is 197 Å². The number of pyridine rings is 1. The molecule has 2 atom stereocenters. The summed E-state index contributed by atoms with van der Waals surface area (Å²) in [5, 5.41) is 5.88. The van der Waals surface area contributed by atoms with Crippen LogP contribution in [0.25, 0.3) is 10.9 Å². The van der Waals surface area contributed by atoms with Gasteiger partial charge in [-0.25, -0.2) is 4.98 Å². The van der Waals surface area contributed by atoms with Crippen molar-refractivity contribution in [3.63, 3.8) is 0 Å². The van der Waals surface area contributed by atoms with Crippen LogP contribution in [0.4, 0.5) is 0 Å². The minimum absolute atomic E-state index is 0.115. The molecule has 2 heterocycles. The lowest BCUT2D eigenvalue weighted by Gasteiger charge is -2.23. The van der Waals surface area contributed by atoms with Crippen LogP contribution in [0.5, 0.6) is 11.5 Å². The van der Waals surface area contributed by atoms with Gasteiger partial charge in [-0.05, 0) is 24.1 Å². The minimum atomic E-state index is -0.755. The van der Waals surface area contributed by atoms with Crippen LogP contribution in [0.1, 0.15) is 26.0 Å².